The Morgan fingerprint density at radius 1 is 1.13 bits per heavy atom. The molecule has 0 radical (unpaired) electrons. The average molecular weight is 210 g/mol. The van der Waals surface area contributed by atoms with E-state index in [0.717, 1.165) is 18.4 Å². The molecule has 0 aliphatic carbocycles. The van der Waals surface area contributed by atoms with Gasteiger partial charge < -0.3 is 0 Å². The maximum atomic E-state index is 11.9. The van der Waals surface area contributed by atoms with Gasteiger partial charge in [0.15, 0.2) is 0 Å². The van der Waals surface area contributed by atoms with Gasteiger partial charge in [-0.05, 0) is 39.5 Å². The third-order valence-corrected chi connectivity index (χ3v) is 2.25. The van der Waals surface area contributed by atoms with Crippen molar-refractivity contribution < 1.29 is 4.39 Å². The first kappa shape index (κ1) is 14.2. The van der Waals surface area contributed by atoms with Gasteiger partial charge in [0, 0.05) is 0 Å². The first-order valence-electron chi connectivity index (χ1n) is 5.59. The second-order valence-corrected chi connectivity index (χ2v) is 4.36. The van der Waals surface area contributed by atoms with Gasteiger partial charge in [0.25, 0.3) is 0 Å². The van der Waals surface area contributed by atoms with Crippen LogP contribution in [0.1, 0.15) is 40.5 Å². The number of rotatable bonds is 6. The van der Waals surface area contributed by atoms with E-state index in [9.17, 15) is 4.39 Å². The van der Waals surface area contributed by atoms with Crippen molar-refractivity contribution in [2.45, 2.75) is 40.5 Å². The molecule has 0 bridgehead atoms. The molecule has 1 atom stereocenters. The summed E-state index contributed by atoms with van der Waals surface area (Å²) in [7, 11) is 0. The van der Waals surface area contributed by atoms with E-state index in [2.05, 4.69) is 32.9 Å². The molecule has 86 valence electrons. The predicted molar refractivity (Wildman–Crippen MR) is 66.7 cm³/mol. The van der Waals surface area contributed by atoms with Crippen molar-refractivity contribution in [3.05, 3.63) is 35.5 Å². The van der Waals surface area contributed by atoms with Crippen LogP contribution in [-0.4, -0.2) is 6.67 Å². The monoisotopic (exact) mass is 210 g/mol. The minimum Gasteiger partial charge on any atom is -0.247 e. The van der Waals surface area contributed by atoms with E-state index in [1.807, 2.05) is 13.0 Å². The van der Waals surface area contributed by atoms with Gasteiger partial charge in [0.1, 0.15) is 6.67 Å². The molecule has 0 aliphatic rings. The van der Waals surface area contributed by atoms with Crippen molar-refractivity contribution in [1.29, 1.82) is 0 Å². The van der Waals surface area contributed by atoms with Gasteiger partial charge in [-0.15, -0.1) is 0 Å². The molecule has 0 spiro atoms. The van der Waals surface area contributed by atoms with E-state index < -0.39 is 0 Å². The third-order valence-electron chi connectivity index (χ3n) is 2.25. The summed E-state index contributed by atoms with van der Waals surface area (Å²) in [6, 6.07) is 0. The lowest BCUT2D eigenvalue weighted by molar-refractivity contribution is 0.560. The minimum absolute atomic E-state index is 0.372. The summed E-state index contributed by atoms with van der Waals surface area (Å²) in [5, 5.41) is 0. The van der Waals surface area contributed by atoms with Crippen LogP contribution in [-0.2, 0) is 0 Å². The fourth-order valence-electron chi connectivity index (χ4n) is 1.21. The van der Waals surface area contributed by atoms with Gasteiger partial charge in [0.05, 0.1) is 0 Å². The van der Waals surface area contributed by atoms with E-state index in [0.29, 0.717) is 5.92 Å². The summed E-state index contributed by atoms with van der Waals surface area (Å²) in [5.41, 5.74) is 2.38. The van der Waals surface area contributed by atoms with Crippen molar-refractivity contribution >= 4 is 0 Å². The molecule has 0 aliphatic heterocycles. The normalized spacial score (nSPS) is 14.3. The Morgan fingerprint density at radius 3 is 2.33 bits per heavy atom. The highest BCUT2D eigenvalue weighted by Gasteiger charge is 1.96. The van der Waals surface area contributed by atoms with E-state index >= 15 is 0 Å². The molecule has 1 unspecified atom stereocenters. The number of alkyl halides is 1. The molecule has 0 N–H and O–H groups in total. The first-order valence-corrected chi connectivity index (χ1v) is 5.59. The number of hydrogen-bond acceptors (Lipinski definition) is 0. The van der Waals surface area contributed by atoms with Gasteiger partial charge in [-0.3, -0.25) is 0 Å². The first-order chi connectivity index (χ1) is 7.06. The third kappa shape index (κ3) is 9.45. The van der Waals surface area contributed by atoms with E-state index in [1.165, 1.54) is 5.57 Å². The van der Waals surface area contributed by atoms with E-state index in [4.69, 9.17) is 0 Å². The summed E-state index contributed by atoms with van der Waals surface area (Å²) in [5.74, 6) is 0.661. The fraction of sp³-hybridized carbons (Fsp3) is 0.571. The van der Waals surface area contributed by atoms with Crippen LogP contribution in [0.5, 0.6) is 0 Å². The van der Waals surface area contributed by atoms with Gasteiger partial charge in [0.2, 0.25) is 0 Å². The van der Waals surface area contributed by atoms with Crippen molar-refractivity contribution in [2.75, 3.05) is 6.67 Å². The average Bonchev–Trinajstić information content (AvgIpc) is 2.15. The molecule has 0 aromatic rings. The second-order valence-electron chi connectivity index (χ2n) is 4.36. The standard InChI is InChI=1S/C14H23F/c1-12(2)8-9-13(3)6-5-7-14(4)10-11-15/h5,7-8,10,13H,6,9,11H2,1-4H3/b7-5+,14-10+. The summed E-state index contributed by atoms with van der Waals surface area (Å²) < 4.78 is 11.9. The molecule has 15 heavy (non-hydrogen) atoms. The van der Waals surface area contributed by atoms with Gasteiger partial charge in [-0.2, -0.15) is 0 Å². The van der Waals surface area contributed by atoms with Crippen LogP contribution in [0, 0.1) is 5.92 Å². The maximum Gasteiger partial charge on any atom is 0.108 e. The topological polar surface area (TPSA) is 0 Å². The molecule has 0 fully saturated rings. The number of allylic oxidation sites excluding steroid dienone is 6. The summed E-state index contributed by atoms with van der Waals surface area (Å²) in [4.78, 5) is 0. The predicted octanol–water partition coefficient (Wildman–Crippen LogP) is 4.84. The Kier molecular flexibility index (Phi) is 7.98. The molecular formula is C14H23F. The second kappa shape index (κ2) is 8.46. The zero-order valence-electron chi connectivity index (χ0n) is 10.4. The molecule has 0 heterocycles. The van der Waals surface area contributed by atoms with E-state index in [-0.39, 0.29) is 6.67 Å². The SMILES string of the molecule is CC(C)=CCC(C)C/C=C/C(C)=C/CF. The molecule has 0 saturated carbocycles. The maximum absolute atomic E-state index is 11.9. The zero-order chi connectivity index (χ0) is 11.7. The van der Waals surface area contributed by atoms with Gasteiger partial charge >= 0.3 is 0 Å². The Bertz CT molecular complexity index is 242. The Hall–Kier alpha value is -0.850. The van der Waals surface area contributed by atoms with Gasteiger partial charge in [-0.1, -0.05) is 42.4 Å². The van der Waals surface area contributed by atoms with Crippen LogP contribution in [0.4, 0.5) is 4.39 Å². The quantitative estimate of drug-likeness (QED) is 0.434. The fourth-order valence-corrected chi connectivity index (χ4v) is 1.21. The molecule has 1 heteroatoms. The zero-order valence-corrected chi connectivity index (χ0v) is 10.4. The van der Waals surface area contributed by atoms with Crippen LogP contribution in [0.2, 0.25) is 0 Å². The highest BCUT2D eigenvalue weighted by molar-refractivity contribution is 5.15. The highest BCUT2D eigenvalue weighted by atomic mass is 19.1. The summed E-state index contributed by atoms with van der Waals surface area (Å²) in [6.07, 6.45) is 10.2. The molecular weight excluding hydrogens is 187 g/mol. The van der Waals surface area contributed by atoms with Crippen LogP contribution >= 0.6 is 0 Å². The Morgan fingerprint density at radius 2 is 1.80 bits per heavy atom. The van der Waals surface area contributed by atoms with Crippen LogP contribution < -0.4 is 0 Å². The number of halogens is 1. The largest absolute Gasteiger partial charge is 0.247 e. The molecule has 0 rings (SSSR count). The summed E-state index contributed by atoms with van der Waals surface area (Å²) in [6.45, 7) is 8.03. The van der Waals surface area contributed by atoms with Gasteiger partial charge in [-0.25, -0.2) is 4.39 Å². The van der Waals surface area contributed by atoms with Crippen LogP contribution in [0.25, 0.3) is 0 Å². The molecule has 0 nitrogen and oxygen atoms in total. The minimum atomic E-state index is -0.372. The Balaban J connectivity index is 3.85. The highest BCUT2D eigenvalue weighted by Crippen LogP contribution is 2.11. The molecule has 0 amide bonds. The molecule has 0 aromatic carbocycles. The lowest BCUT2D eigenvalue weighted by Gasteiger charge is -2.04. The van der Waals surface area contributed by atoms with Crippen molar-refractivity contribution in [3.63, 3.8) is 0 Å². The number of hydrogen-bond donors (Lipinski definition) is 0. The van der Waals surface area contributed by atoms with Crippen molar-refractivity contribution in [1.82, 2.24) is 0 Å². The van der Waals surface area contributed by atoms with Crippen molar-refractivity contribution in [2.24, 2.45) is 5.92 Å². The molecule has 0 aromatic heterocycles. The summed E-state index contributed by atoms with van der Waals surface area (Å²) >= 11 is 0. The lowest BCUT2D eigenvalue weighted by Crippen LogP contribution is -1.90. The Labute approximate surface area is 93.6 Å². The van der Waals surface area contributed by atoms with Crippen molar-refractivity contribution in [3.8, 4) is 0 Å². The van der Waals surface area contributed by atoms with Crippen LogP contribution in [0.15, 0.2) is 35.5 Å². The van der Waals surface area contributed by atoms with E-state index in [1.54, 1.807) is 6.08 Å². The van der Waals surface area contributed by atoms with Crippen LogP contribution in [0.3, 0.4) is 0 Å². The smallest absolute Gasteiger partial charge is 0.108 e. The molecule has 0 saturated heterocycles. The lowest BCUT2D eigenvalue weighted by atomic mass is 10.0.